The van der Waals surface area contributed by atoms with Gasteiger partial charge in [0.25, 0.3) is 0 Å². The highest BCUT2D eigenvalue weighted by Gasteiger charge is 2.20. The number of fused-ring (bicyclic) bond motifs is 1. The number of hydrogen-bond acceptors (Lipinski definition) is 3. The predicted molar refractivity (Wildman–Crippen MR) is 47.0 cm³/mol. The average Bonchev–Trinajstić information content (AvgIpc) is 2.18. The summed E-state index contributed by atoms with van der Waals surface area (Å²) in [5.41, 5.74) is 1.59. The van der Waals surface area contributed by atoms with Crippen LogP contribution in [0.3, 0.4) is 0 Å². The minimum absolute atomic E-state index is 0.0279. The molecule has 1 heterocycles. The fourth-order valence-electron chi connectivity index (χ4n) is 1.49. The summed E-state index contributed by atoms with van der Waals surface area (Å²) < 4.78 is 10.2. The summed E-state index contributed by atoms with van der Waals surface area (Å²) >= 11 is 0. The zero-order valence-corrected chi connectivity index (χ0v) is 7.37. The number of rotatable bonds is 1. The van der Waals surface area contributed by atoms with Crippen LogP contribution < -0.4 is 4.74 Å². The normalized spacial score (nSPS) is 15.3. The Kier molecular flexibility index (Phi) is 2.02. The molecular formula is C10H10O3. The highest BCUT2D eigenvalue weighted by atomic mass is 16.5. The number of ether oxygens (including phenoxy) is 2. The molecule has 1 aromatic carbocycles. The third kappa shape index (κ3) is 1.31. The molecule has 68 valence electrons. The zero-order chi connectivity index (χ0) is 9.26. The largest absolute Gasteiger partial charge is 0.496 e. The number of methoxy groups -OCH3 is 1. The van der Waals surface area contributed by atoms with Gasteiger partial charge in [-0.15, -0.1) is 0 Å². The van der Waals surface area contributed by atoms with Gasteiger partial charge in [-0.25, -0.2) is 0 Å². The molecule has 0 aromatic heterocycles. The Morgan fingerprint density at radius 2 is 2.23 bits per heavy atom. The number of Topliss-reactive ketones (excluding diaryl/α,β-unsaturated/α-hetero) is 1. The standard InChI is InChI=1S/C10H10O3/c1-12-10-4-2-3-7-8(10)5-13-6-9(7)11/h2-4H,5-6H2,1H3. The van der Waals surface area contributed by atoms with Crippen molar-refractivity contribution in [1.82, 2.24) is 0 Å². The van der Waals surface area contributed by atoms with E-state index in [9.17, 15) is 4.79 Å². The smallest absolute Gasteiger partial charge is 0.188 e. The van der Waals surface area contributed by atoms with E-state index in [1.807, 2.05) is 18.2 Å². The van der Waals surface area contributed by atoms with Crippen LogP contribution in [0.2, 0.25) is 0 Å². The highest BCUT2D eigenvalue weighted by Crippen LogP contribution is 2.26. The van der Waals surface area contributed by atoms with Crippen molar-refractivity contribution in [1.29, 1.82) is 0 Å². The fourth-order valence-corrected chi connectivity index (χ4v) is 1.49. The highest BCUT2D eigenvalue weighted by molar-refractivity contribution is 5.99. The van der Waals surface area contributed by atoms with E-state index in [-0.39, 0.29) is 12.4 Å². The van der Waals surface area contributed by atoms with Gasteiger partial charge in [0, 0.05) is 11.1 Å². The van der Waals surface area contributed by atoms with Crippen molar-refractivity contribution in [3.63, 3.8) is 0 Å². The second-order valence-corrected chi connectivity index (χ2v) is 2.90. The maximum atomic E-state index is 11.4. The number of hydrogen-bond donors (Lipinski definition) is 0. The van der Waals surface area contributed by atoms with Crippen molar-refractivity contribution in [3.05, 3.63) is 29.3 Å². The molecule has 0 radical (unpaired) electrons. The van der Waals surface area contributed by atoms with Crippen molar-refractivity contribution >= 4 is 5.78 Å². The van der Waals surface area contributed by atoms with Crippen LogP contribution in [0.15, 0.2) is 18.2 Å². The van der Waals surface area contributed by atoms with Crippen LogP contribution in [0.1, 0.15) is 15.9 Å². The summed E-state index contributed by atoms with van der Waals surface area (Å²) in [6, 6.07) is 5.46. The number of carbonyl (C=O) groups is 1. The van der Waals surface area contributed by atoms with Gasteiger partial charge in [0.2, 0.25) is 0 Å². The summed E-state index contributed by atoms with van der Waals surface area (Å²) in [6.45, 7) is 0.644. The van der Waals surface area contributed by atoms with Crippen LogP contribution in [-0.4, -0.2) is 19.5 Å². The molecule has 0 atom stereocenters. The first-order chi connectivity index (χ1) is 6.33. The summed E-state index contributed by atoms with van der Waals surface area (Å²) in [7, 11) is 1.59. The lowest BCUT2D eigenvalue weighted by Crippen LogP contribution is -2.18. The summed E-state index contributed by atoms with van der Waals surface area (Å²) in [6.07, 6.45) is 0. The molecule has 1 aromatic rings. The fraction of sp³-hybridized carbons (Fsp3) is 0.300. The molecular weight excluding hydrogens is 168 g/mol. The molecule has 0 amide bonds. The van der Waals surface area contributed by atoms with Crippen molar-refractivity contribution in [2.75, 3.05) is 13.7 Å². The lowest BCUT2D eigenvalue weighted by atomic mass is 10.0. The SMILES string of the molecule is COc1cccc2c1COCC2=O. The van der Waals surface area contributed by atoms with Gasteiger partial charge in [-0.1, -0.05) is 12.1 Å². The minimum Gasteiger partial charge on any atom is -0.496 e. The van der Waals surface area contributed by atoms with Gasteiger partial charge < -0.3 is 9.47 Å². The molecule has 0 bridgehead atoms. The van der Waals surface area contributed by atoms with Crippen molar-refractivity contribution < 1.29 is 14.3 Å². The van der Waals surface area contributed by atoms with Gasteiger partial charge in [-0.2, -0.15) is 0 Å². The molecule has 0 saturated heterocycles. The Labute approximate surface area is 76.3 Å². The Morgan fingerprint density at radius 1 is 1.38 bits per heavy atom. The Bertz CT molecular complexity index is 344. The number of ketones is 1. The van der Waals surface area contributed by atoms with Gasteiger partial charge in [0.1, 0.15) is 12.4 Å². The van der Waals surface area contributed by atoms with E-state index in [1.54, 1.807) is 7.11 Å². The van der Waals surface area contributed by atoms with Crippen molar-refractivity contribution in [2.45, 2.75) is 6.61 Å². The van der Waals surface area contributed by atoms with Crippen LogP contribution in [0.5, 0.6) is 5.75 Å². The molecule has 0 saturated carbocycles. The van der Waals surface area contributed by atoms with E-state index >= 15 is 0 Å². The summed E-state index contributed by atoms with van der Waals surface area (Å²) in [5, 5.41) is 0. The van der Waals surface area contributed by atoms with Crippen LogP contribution in [0.25, 0.3) is 0 Å². The molecule has 0 spiro atoms. The molecule has 3 nitrogen and oxygen atoms in total. The monoisotopic (exact) mass is 178 g/mol. The third-order valence-corrected chi connectivity index (χ3v) is 2.13. The zero-order valence-electron chi connectivity index (χ0n) is 7.37. The molecule has 1 aliphatic rings. The maximum Gasteiger partial charge on any atom is 0.188 e. The molecule has 0 unspecified atom stereocenters. The second-order valence-electron chi connectivity index (χ2n) is 2.90. The Balaban J connectivity index is 2.54. The van der Waals surface area contributed by atoms with E-state index < -0.39 is 0 Å². The van der Waals surface area contributed by atoms with E-state index in [0.29, 0.717) is 6.61 Å². The first kappa shape index (κ1) is 8.26. The van der Waals surface area contributed by atoms with Gasteiger partial charge >= 0.3 is 0 Å². The minimum atomic E-state index is 0.0279. The first-order valence-corrected chi connectivity index (χ1v) is 4.09. The molecule has 0 aliphatic carbocycles. The number of carbonyl (C=O) groups excluding carboxylic acids is 1. The summed E-state index contributed by atoms with van der Waals surface area (Å²) in [4.78, 5) is 11.4. The van der Waals surface area contributed by atoms with Crippen molar-refractivity contribution in [3.8, 4) is 5.75 Å². The second kappa shape index (κ2) is 3.18. The van der Waals surface area contributed by atoms with Crippen LogP contribution in [0, 0.1) is 0 Å². The molecule has 0 fully saturated rings. The van der Waals surface area contributed by atoms with Gasteiger partial charge in [0.05, 0.1) is 13.7 Å². The molecule has 13 heavy (non-hydrogen) atoms. The van der Waals surface area contributed by atoms with Gasteiger partial charge in [-0.05, 0) is 6.07 Å². The quantitative estimate of drug-likeness (QED) is 0.652. The Hall–Kier alpha value is -1.35. The number of benzene rings is 1. The lowest BCUT2D eigenvalue weighted by Gasteiger charge is -2.17. The van der Waals surface area contributed by atoms with Crippen LogP contribution in [-0.2, 0) is 11.3 Å². The molecule has 3 heteroatoms. The van der Waals surface area contributed by atoms with Crippen LogP contribution >= 0.6 is 0 Å². The van der Waals surface area contributed by atoms with Gasteiger partial charge in [0.15, 0.2) is 5.78 Å². The van der Waals surface area contributed by atoms with E-state index in [0.717, 1.165) is 16.9 Å². The lowest BCUT2D eigenvalue weighted by molar-refractivity contribution is 0.0658. The van der Waals surface area contributed by atoms with E-state index in [4.69, 9.17) is 9.47 Å². The van der Waals surface area contributed by atoms with E-state index in [1.165, 1.54) is 0 Å². The third-order valence-electron chi connectivity index (χ3n) is 2.13. The average molecular weight is 178 g/mol. The Morgan fingerprint density at radius 3 is 3.00 bits per heavy atom. The molecule has 2 rings (SSSR count). The topological polar surface area (TPSA) is 35.5 Å². The van der Waals surface area contributed by atoms with Crippen LogP contribution in [0.4, 0.5) is 0 Å². The van der Waals surface area contributed by atoms with Gasteiger partial charge in [-0.3, -0.25) is 4.79 Å². The first-order valence-electron chi connectivity index (χ1n) is 4.09. The van der Waals surface area contributed by atoms with E-state index in [2.05, 4.69) is 0 Å². The maximum absolute atomic E-state index is 11.4. The molecule has 1 aliphatic heterocycles. The summed E-state index contributed by atoms with van der Waals surface area (Å²) in [5.74, 6) is 0.755. The molecule has 0 N–H and O–H groups in total. The predicted octanol–water partition coefficient (Wildman–Crippen LogP) is 1.41. The van der Waals surface area contributed by atoms with Crippen molar-refractivity contribution in [2.24, 2.45) is 0 Å².